The van der Waals surface area contributed by atoms with Gasteiger partial charge >= 0.3 is 0 Å². The predicted molar refractivity (Wildman–Crippen MR) is 90.4 cm³/mol. The largest absolute Gasteiger partial charge is 0.330 e. The lowest BCUT2D eigenvalue weighted by Crippen LogP contribution is -2.43. The number of anilines is 1. The number of likely N-dealkylation sites (N-methyl/N-ethyl adjacent to an activating group) is 1. The highest BCUT2D eigenvalue weighted by Gasteiger charge is 2.38. The average Bonchev–Trinajstić information content (AvgIpc) is 3.02. The third-order valence-corrected chi connectivity index (χ3v) is 4.46. The van der Waals surface area contributed by atoms with E-state index in [9.17, 15) is 18.4 Å². The Labute approximate surface area is 149 Å². The van der Waals surface area contributed by atoms with Gasteiger partial charge in [0.15, 0.2) is 0 Å². The zero-order valence-electron chi connectivity index (χ0n) is 13.9. The van der Waals surface area contributed by atoms with Crippen molar-refractivity contribution in [3.63, 3.8) is 0 Å². The summed E-state index contributed by atoms with van der Waals surface area (Å²) < 4.78 is 27.7. The lowest BCUT2D eigenvalue weighted by atomic mass is 10.1. The summed E-state index contributed by atoms with van der Waals surface area (Å²) in [5, 5.41) is 9.09. The highest BCUT2D eigenvalue weighted by molar-refractivity contribution is 6.04. The van der Waals surface area contributed by atoms with Crippen LogP contribution < -0.4 is 4.90 Å². The summed E-state index contributed by atoms with van der Waals surface area (Å²) >= 11 is 0. The van der Waals surface area contributed by atoms with Crippen LogP contribution in [-0.4, -0.2) is 36.3 Å². The molecule has 1 atom stereocenters. The molecule has 132 valence electrons. The normalized spacial score (nSPS) is 16.5. The molecule has 0 bridgehead atoms. The van der Waals surface area contributed by atoms with E-state index in [1.807, 2.05) is 0 Å². The first-order valence-corrected chi connectivity index (χ1v) is 7.97. The molecule has 1 saturated heterocycles. The van der Waals surface area contributed by atoms with Crippen molar-refractivity contribution in [1.82, 2.24) is 4.90 Å². The summed E-state index contributed by atoms with van der Waals surface area (Å²) in [7, 11) is 1.42. The maximum atomic E-state index is 14.0. The molecule has 2 aromatic carbocycles. The number of nitrogens with zero attached hydrogens (tertiary/aromatic N) is 3. The lowest BCUT2D eigenvalue weighted by molar-refractivity contribution is -0.120. The molecule has 7 heteroatoms. The molecule has 2 amide bonds. The van der Waals surface area contributed by atoms with Gasteiger partial charge in [-0.25, -0.2) is 8.78 Å². The van der Waals surface area contributed by atoms with E-state index < -0.39 is 29.5 Å². The van der Waals surface area contributed by atoms with Gasteiger partial charge in [0.2, 0.25) is 5.91 Å². The minimum absolute atomic E-state index is 0.104. The molecule has 0 aromatic heterocycles. The summed E-state index contributed by atoms with van der Waals surface area (Å²) in [6.07, 6.45) is 0.312. The molecule has 0 N–H and O–H groups in total. The van der Waals surface area contributed by atoms with Gasteiger partial charge < -0.3 is 9.80 Å². The molecule has 0 saturated carbocycles. The Hall–Kier alpha value is -3.27. The van der Waals surface area contributed by atoms with Crippen molar-refractivity contribution >= 4 is 17.5 Å². The van der Waals surface area contributed by atoms with Crippen LogP contribution >= 0.6 is 0 Å². The summed E-state index contributed by atoms with van der Waals surface area (Å²) in [5.41, 5.74) is -0.308. The summed E-state index contributed by atoms with van der Waals surface area (Å²) in [5.74, 6) is -2.36. The van der Waals surface area contributed by atoms with Gasteiger partial charge in [0.05, 0.1) is 11.3 Å². The van der Waals surface area contributed by atoms with E-state index in [1.165, 1.54) is 47.2 Å². The van der Waals surface area contributed by atoms with Crippen molar-refractivity contribution in [1.29, 1.82) is 5.26 Å². The van der Waals surface area contributed by atoms with E-state index >= 15 is 0 Å². The molecule has 1 aliphatic heterocycles. The molecule has 1 unspecified atom stereocenters. The summed E-state index contributed by atoms with van der Waals surface area (Å²) in [6, 6.07) is 10.5. The van der Waals surface area contributed by atoms with Gasteiger partial charge in [-0.05, 0) is 30.7 Å². The fourth-order valence-electron chi connectivity index (χ4n) is 3.08. The van der Waals surface area contributed by atoms with Crippen molar-refractivity contribution < 1.29 is 18.4 Å². The number of nitriles is 1. The van der Waals surface area contributed by atoms with E-state index in [0.717, 1.165) is 6.07 Å². The first-order valence-electron chi connectivity index (χ1n) is 7.97. The van der Waals surface area contributed by atoms with E-state index in [2.05, 4.69) is 0 Å². The predicted octanol–water partition coefficient (Wildman–Crippen LogP) is 2.71. The molecule has 0 radical (unpaired) electrons. The van der Waals surface area contributed by atoms with Gasteiger partial charge in [0.1, 0.15) is 29.3 Å². The minimum Gasteiger partial charge on any atom is -0.330 e. The van der Waals surface area contributed by atoms with E-state index in [1.54, 1.807) is 12.1 Å². The minimum atomic E-state index is -0.808. The molecule has 2 aromatic rings. The van der Waals surface area contributed by atoms with E-state index in [-0.39, 0.29) is 23.4 Å². The second-order valence-corrected chi connectivity index (χ2v) is 5.94. The Bertz CT molecular complexity index is 923. The first-order chi connectivity index (χ1) is 12.5. The summed E-state index contributed by atoms with van der Waals surface area (Å²) in [6.45, 7) is 0.260. The van der Waals surface area contributed by atoms with Crippen LogP contribution in [-0.2, 0) is 4.79 Å². The van der Waals surface area contributed by atoms with Crippen molar-refractivity contribution in [2.45, 2.75) is 12.5 Å². The molecule has 5 nitrogen and oxygen atoms in total. The van der Waals surface area contributed by atoms with E-state index in [0.29, 0.717) is 6.42 Å². The van der Waals surface area contributed by atoms with Crippen LogP contribution in [0.25, 0.3) is 0 Å². The SMILES string of the molecule is CN(C(=O)c1cccc(F)c1C#N)C1CCN(c2ccccc2F)C1=O. The highest BCUT2D eigenvalue weighted by atomic mass is 19.1. The van der Waals surface area contributed by atoms with Gasteiger partial charge in [-0.15, -0.1) is 0 Å². The Kier molecular flexibility index (Phi) is 4.67. The zero-order valence-corrected chi connectivity index (χ0v) is 13.9. The molecule has 0 aliphatic carbocycles. The lowest BCUT2D eigenvalue weighted by Gasteiger charge is -2.24. The number of hydrogen-bond acceptors (Lipinski definition) is 3. The number of hydrogen-bond donors (Lipinski definition) is 0. The van der Waals surface area contributed by atoms with Crippen LogP contribution in [0.4, 0.5) is 14.5 Å². The van der Waals surface area contributed by atoms with Gasteiger partial charge in [0, 0.05) is 13.6 Å². The van der Waals surface area contributed by atoms with Crippen molar-refractivity contribution in [3.8, 4) is 6.07 Å². The van der Waals surface area contributed by atoms with E-state index in [4.69, 9.17) is 5.26 Å². The second kappa shape index (κ2) is 6.92. The van der Waals surface area contributed by atoms with Crippen LogP contribution in [0.2, 0.25) is 0 Å². The number of carbonyl (C=O) groups is 2. The Morgan fingerprint density at radius 3 is 2.58 bits per heavy atom. The quantitative estimate of drug-likeness (QED) is 0.850. The van der Waals surface area contributed by atoms with Crippen LogP contribution in [0.5, 0.6) is 0 Å². The number of para-hydroxylation sites is 1. The molecular weight excluding hydrogens is 340 g/mol. The fourth-order valence-corrected chi connectivity index (χ4v) is 3.08. The monoisotopic (exact) mass is 355 g/mol. The Morgan fingerprint density at radius 2 is 1.88 bits per heavy atom. The van der Waals surface area contributed by atoms with Gasteiger partial charge in [-0.1, -0.05) is 18.2 Å². The second-order valence-electron chi connectivity index (χ2n) is 5.94. The number of carbonyl (C=O) groups excluding carboxylic acids is 2. The summed E-state index contributed by atoms with van der Waals surface area (Å²) in [4.78, 5) is 27.8. The maximum absolute atomic E-state index is 14.0. The van der Waals surface area contributed by atoms with Gasteiger partial charge in [-0.2, -0.15) is 5.26 Å². The van der Waals surface area contributed by atoms with Crippen molar-refractivity contribution in [3.05, 3.63) is 65.2 Å². The van der Waals surface area contributed by atoms with Crippen LogP contribution in [0.3, 0.4) is 0 Å². The maximum Gasteiger partial charge on any atom is 0.255 e. The highest BCUT2D eigenvalue weighted by Crippen LogP contribution is 2.27. The topological polar surface area (TPSA) is 64.4 Å². The zero-order chi connectivity index (χ0) is 18.8. The van der Waals surface area contributed by atoms with Gasteiger partial charge in [0.25, 0.3) is 5.91 Å². The molecule has 1 aliphatic rings. The fraction of sp³-hybridized carbons (Fsp3) is 0.211. The third kappa shape index (κ3) is 2.90. The number of amides is 2. The molecular formula is C19H15F2N3O2. The Balaban J connectivity index is 1.86. The Morgan fingerprint density at radius 1 is 1.19 bits per heavy atom. The molecule has 1 heterocycles. The first kappa shape index (κ1) is 17.5. The number of rotatable bonds is 3. The number of halogens is 2. The number of benzene rings is 2. The van der Waals surface area contributed by atoms with Gasteiger partial charge in [-0.3, -0.25) is 9.59 Å². The van der Waals surface area contributed by atoms with Crippen molar-refractivity contribution in [2.24, 2.45) is 0 Å². The van der Waals surface area contributed by atoms with Crippen molar-refractivity contribution in [2.75, 3.05) is 18.5 Å². The third-order valence-electron chi connectivity index (χ3n) is 4.46. The van der Waals surface area contributed by atoms with Crippen LogP contribution in [0.15, 0.2) is 42.5 Å². The smallest absolute Gasteiger partial charge is 0.255 e. The molecule has 0 spiro atoms. The average molecular weight is 355 g/mol. The van der Waals surface area contributed by atoms with Crippen LogP contribution in [0.1, 0.15) is 22.3 Å². The molecule has 26 heavy (non-hydrogen) atoms. The van der Waals surface area contributed by atoms with Crippen LogP contribution in [0, 0.1) is 23.0 Å². The molecule has 3 rings (SSSR count). The standard InChI is InChI=1S/C19H15F2N3O2/c1-23(18(25)12-5-4-7-14(20)13(12)11-22)17-9-10-24(19(17)26)16-8-3-2-6-15(16)21/h2-8,17H,9-10H2,1H3. The molecule has 1 fully saturated rings.